The van der Waals surface area contributed by atoms with E-state index in [0.717, 1.165) is 56.4 Å². The van der Waals surface area contributed by atoms with Crippen LogP contribution in [0.15, 0.2) is 58.8 Å². The zero-order valence-electron chi connectivity index (χ0n) is 20.2. The Morgan fingerprint density at radius 1 is 1.33 bits per heavy atom. The predicted molar refractivity (Wildman–Crippen MR) is 133 cm³/mol. The maximum atomic E-state index is 13.5. The summed E-state index contributed by atoms with van der Waals surface area (Å²) in [5, 5.41) is 0. The number of aliphatic imine (C=N–C) groups is 1. The van der Waals surface area contributed by atoms with Crippen molar-refractivity contribution in [1.29, 1.82) is 0 Å². The molecule has 3 aliphatic rings. The molecule has 0 aromatic heterocycles. The molecule has 2 saturated heterocycles. The Labute approximate surface area is 197 Å². The summed E-state index contributed by atoms with van der Waals surface area (Å²) in [5.41, 5.74) is 4.01. The predicted octanol–water partition coefficient (Wildman–Crippen LogP) is 5.06. The van der Waals surface area contributed by atoms with E-state index in [9.17, 15) is 4.79 Å². The van der Waals surface area contributed by atoms with Gasteiger partial charge in [0.2, 0.25) is 0 Å². The lowest BCUT2D eigenvalue weighted by atomic mass is 9.94. The summed E-state index contributed by atoms with van der Waals surface area (Å²) < 4.78 is 11.1. The first-order valence-electron chi connectivity index (χ1n) is 12.2. The van der Waals surface area contributed by atoms with Crippen molar-refractivity contribution in [2.75, 3.05) is 26.9 Å². The van der Waals surface area contributed by atoms with Gasteiger partial charge in [-0.2, -0.15) is 0 Å². The number of nitrogens with zero attached hydrogens (tertiary/aromatic N) is 2. The van der Waals surface area contributed by atoms with Gasteiger partial charge < -0.3 is 14.4 Å². The van der Waals surface area contributed by atoms with Gasteiger partial charge in [-0.3, -0.25) is 9.79 Å². The average molecular weight is 449 g/mol. The second-order valence-electron chi connectivity index (χ2n) is 9.78. The molecule has 0 bridgehead atoms. The van der Waals surface area contributed by atoms with Crippen LogP contribution in [0.3, 0.4) is 0 Å². The summed E-state index contributed by atoms with van der Waals surface area (Å²) in [5.74, 6) is 1.56. The van der Waals surface area contributed by atoms with Crippen LogP contribution >= 0.6 is 0 Å². The van der Waals surface area contributed by atoms with Crippen LogP contribution in [0.4, 0.5) is 0 Å². The number of benzene rings is 1. The van der Waals surface area contributed by atoms with Gasteiger partial charge in [0.15, 0.2) is 0 Å². The summed E-state index contributed by atoms with van der Waals surface area (Å²) in [6.07, 6.45) is 15.5. The molecule has 1 amide bonds. The molecule has 1 aromatic carbocycles. The van der Waals surface area contributed by atoms with Gasteiger partial charge in [0.1, 0.15) is 11.4 Å². The third-order valence-electron chi connectivity index (χ3n) is 6.72. The number of carbonyl (C=O) groups is 1. The number of ether oxygens (including phenoxy) is 2. The van der Waals surface area contributed by atoms with E-state index in [-0.39, 0.29) is 11.4 Å². The Kier molecular flexibility index (Phi) is 7.49. The van der Waals surface area contributed by atoms with Crippen LogP contribution in [0.2, 0.25) is 0 Å². The highest BCUT2D eigenvalue weighted by Crippen LogP contribution is 2.37. The highest BCUT2D eigenvalue weighted by Gasteiger charge is 2.49. The molecule has 1 spiro atoms. The maximum Gasteiger partial charge on any atom is 0.272 e. The van der Waals surface area contributed by atoms with E-state index < -0.39 is 0 Å². The van der Waals surface area contributed by atoms with Crippen molar-refractivity contribution in [3.8, 4) is 5.75 Å². The highest BCUT2D eigenvalue weighted by molar-refractivity contribution is 5.96. The van der Waals surface area contributed by atoms with Gasteiger partial charge in [0.05, 0.1) is 25.9 Å². The smallest absolute Gasteiger partial charge is 0.272 e. The molecule has 0 N–H and O–H groups in total. The molecule has 2 fully saturated rings. The number of hydrogen-bond donors (Lipinski definition) is 0. The summed E-state index contributed by atoms with van der Waals surface area (Å²) in [7, 11) is 1.73. The van der Waals surface area contributed by atoms with E-state index in [1.807, 2.05) is 29.3 Å². The van der Waals surface area contributed by atoms with E-state index in [2.05, 4.69) is 43.1 Å². The van der Waals surface area contributed by atoms with Gasteiger partial charge >= 0.3 is 0 Å². The van der Waals surface area contributed by atoms with E-state index in [1.54, 1.807) is 7.11 Å². The molecule has 0 radical (unpaired) electrons. The number of aryl methyl sites for hydroxylation is 1. The van der Waals surface area contributed by atoms with Gasteiger partial charge in [-0.25, -0.2) is 0 Å². The summed E-state index contributed by atoms with van der Waals surface area (Å²) in [6, 6.07) is 6.48. The maximum absolute atomic E-state index is 13.5. The van der Waals surface area contributed by atoms with Gasteiger partial charge in [-0.1, -0.05) is 50.3 Å². The zero-order valence-corrected chi connectivity index (χ0v) is 20.2. The van der Waals surface area contributed by atoms with Gasteiger partial charge in [-0.15, -0.1) is 0 Å². The quantitative estimate of drug-likeness (QED) is 0.392. The van der Waals surface area contributed by atoms with Crippen LogP contribution in [-0.4, -0.2) is 49.4 Å². The Morgan fingerprint density at radius 2 is 2.18 bits per heavy atom. The molecule has 4 rings (SSSR count). The lowest BCUT2D eigenvalue weighted by Crippen LogP contribution is -2.60. The van der Waals surface area contributed by atoms with Crippen LogP contribution in [0, 0.1) is 5.92 Å². The first kappa shape index (κ1) is 23.5. The van der Waals surface area contributed by atoms with Gasteiger partial charge in [-0.05, 0) is 67.2 Å². The van der Waals surface area contributed by atoms with Crippen LogP contribution < -0.4 is 4.74 Å². The van der Waals surface area contributed by atoms with E-state index in [0.29, 0.717) is 24.8 Å². The van der Waals surface area contributed by atoms with Crippen LogP contribution in [0.25, 0.3) is 0 Å². The van der Waals surface area contributed by atoms with Crippen molar-refractivity contribution >= 4 is 12.1 Å². The van der Waals surface area contributed by atoms with Crippen LogP contribution in [0.1, 0.15) is 50.7 Å². The van der Waals surface area contributed by atoms with Gasteiger partial charge in [0.25, 0.3) is 5.91 Å². The number of carbonyl (C=O) groups excluding carboxylic acids is 1. The fraction of sp³-hybridized carbons (Fsp3) is 0.500. The topological polar surface area (TPSA) is 51.1 Å². The number of allylic oxidation sites excluding steroid dienone is 5. The highest BCUT2D eigenvalue weighted by atomic mass is 16.5. The molecule has 0 unspecified atom stereocenters. The standard InChI is InChI=1S/C28H36N2O3/c1-21(2)16-24-13-12-22(17-26(24)32-3)10-6-11-25(29-18-23-8-4-5-9-23)27(31)30-15-7-14-28(30)19-33-20-28/h4-5,8,11-13,17-18,21H,6-7,9-10,14-16,19-20H2,1-3H3/b25-11+,29-18?. The number of hydrogen-bond acceptors (Lipinski definition) is 4. The molecule has 1 aliphatic carbocycles. The lowest BCUT2D eigenvalue weighted by molar-refractivity contribution is -0.155. The van der Waals surface area contributed by atoms with Crippen molar-refractivity contribution in [2.24, 2.45) is 10.9 Å². The van der Waals surface area contributed by atoms with Crippen molar-refractivity contribution < 1.29 is 14.3 Å². The minimum Gasteiger partial charge on any atom is -0.496 e. The first-order chi connectivity index (χ1) is 16.0. The van der Waals surface area contributed by atoms with Crippen LogP contribution in [0.5, 0.6) is 5.75 Å². The van der Waals surface area contributed by atoms with E-state index >= 15 is 0 Å². The van der Waals surface area contributed by atoms with Crippen molar-refractivity contribution in [1.82, 2.24) is 4.90 Å². The number of methoxy groups -OCH3 is 1. The number of amides is 1. The fourth-order valence-electron chi connectivity index (χ4n) is 4.87. The molecule has 0 atom stereocenters. The fourth-order valence-corrected chi connectivity index (χ4v) is 4.87. The number of rotatable bonds is 9. The van der Waals surface area contributed by atoms with E-state index in [4.69, 9.17) is 9.47 Å². The normalized spacial score (nSPS) is 19.6. The second kappa shape index (κ2) is 10.5. The molecule has 33 heavy (non-hydrogen) atoms. The monoisotopic (exact) mass is 448 g/mol. The first-order valence-corrected chi connectivity index (χ1v) is 12.2. The molecule has 1 aromatic rings. The van der Waals surface area contributed by atoms with E-state index in [1.165, 1.54) is 11.1 Å². The number of likely N-dealkylation sites (tertiary alicyclic amines) is 1. The second-order valence-corrected chi connectivity index (χ2v) is 9.78. The largest absolute Gasteiger partial charge is 0.496 e. The lowest BCUT2D eigenvalue weighted by Gasteiger charge is -2.45. The molecule has 0 saturated carbocycles. The minimum absolute atomic E-state index is 0.0310. The summed E-state index contributed by atoms with van der Waals surface area (Å²) >= 11 is 0. The SMILES string of the molecule is COc1cc(CC/C=C(/N=CC2=CC=CC2)C(=O)N2CCCC23COC3)ccc1CC(C)C. The molecular weight excluding hydrogens is 412 g/mol. The Morgan fingerprint density at radius 3 is 2.85 bits per heavy atom. The van der Waals surface area contributed by atoms with Gasteiger partial charge in [0, 0.05) is 12.8 Å². The third kappa shape index (κ3) is 5.47. The van der Waals surface area contributed by atoms with Crippen molar-refractivity contribution in [3.63, 3.8) is 0 Å². The Hall–Kier alpha value is -2.66. The molecule has 5 nitrogen and oxygen atoms in total. The Bertz CT molecular complexity index is 983. The molecule has 5 heteroatoms. The molecular formula is C28H36N2O3. The van der Waals surface area contributed by atoms with Crippen molar-refractivity contribution in [3.05, 3.63) is 64.9 Å². The molecule has 2 heterocycles. The average Bonchev–Trinajstić information content (AvgIpc) is 3.45. The molecule has 176 valence electrons. The molecule has 2 aliphatic heterocycles. The summed E-state index contributed by atoms with van der Waals surface area (Å²) in [4.78, 5) is 20.1. The van der Waals surface area contributed by atoms with Crippen LogP contribution in [-0.2, 0) is 22.4 Å². The van der Waals surface area contributed by atoms with Crippen molar-refractivity contribution in [2.45, 2.75) is 57.9 Å². The Balaban J connectivity index is 1.48. The minimum atomic E-state index is -0.112. The zero-order chi connectivity index (χ0) is 23.3. The third-order valence-corrected chi connectivity index (χ3v) is 6.72. The summed E-state index contributed by atoms with van der Waals surface area (Å²) in [6.45, 7) is 6.51.